The predicted octanol–water partition coefficient (Wildman–Crippen LogP) is 0.811. The summed E-state index contributed by atoms with van der Waals surface area (Å²) in [7, 11) is 1.60. The Kier molecular flexibility index (Phi) is 3.94. The summed E-state index contributed by atoms with van der Waals surface area (Å²) in [5, 5.41) is 0. The van der Waals surface area contributed by atoms with Gasteiger partial charge in [-0.15, -0.1) is 0 Å². The van der Waals surface area contributed by atoms with Crippen molar-refractivity contribution >= 4 is 5.91 Å². The van der Waals surface area contributed by atoms with Crippen LogP contribution in [0, 0.1) is 0 Å². The van der Waals surface area contributed by atoms with E-state index in [1.807, 2.05) is 0 Å². The standard InChI is InChI=1S/C10H13NO3/c1-13-5-6-14-9-4-2-3-8(7-9)10(11)12/h2-4,7H,5-6H2,1H3,(H2,11,12). The molecule has 14 heavy (non-hydrogen) atoms. The number of benzene rings is 1. The lowest BCUT2D eigenvalue weighted by Crippen LogP contribution is -2.11. The smallest absolute Gasteiger partial charge is 0.248 e. The molecule has 1 aromatic rings. The Balaban J connectivity index is 2.59. The Hall–Kier alpha value is -1.55. The van der Waals surface area contributed by atoms with Gasteiger partial charge in [-0.2, -0.15) is 0 Å². The zero-order chi connectivity index (χ0) is 10.4. The molecule has 0 saturated carbocycles. The third-order valence-corrected chi connectivity index (χ3v) is 1.67. The zero-order valence-electron chi connectivity index (χ0n) is 8.03. The Morgan fingerprint density at radius 3 is 2.86 bits per heavy atom. The Labute approximate surface area is 82.6 Å². The number of ether oxygens (including phenoxy) is 2. The summed E-state index contributed by atoms with van der Waals surface area (Å²) in [6, 6.07) is 6.74. The molecular weight excluding hydrogens is 182 g/mol. The molecule has 1 rings (SSSR count). The van der Waals surface area contributed by atoms with Gasteiger partial charge in [0.2, 0.25) is 5.91 Å². The number of carbonyl (C=O) groups excluding carboxylic acids is 1. The lowest BCUT2D eigenvalue weighted by molar-refractivity contribution is 0.0999. The molecule has 2 N–H and O–H groups in total. The van der Waals surface area contributed by atoms with Crippen LogP contribution in [0.25, 0.3) is 0 Å². The maximum atomic E-state index is 10.8. The highest BCUT2D eigenvalue weighted by molar-refractivity contribution is 5.93. The van der Waals surface area contributed by atoms with Crippen molar-refractivity contribution < 1.29 is 14.3 Å². The SMILES string of the molecule is COCCOc1cccc(C(N)=O)c1. The average molecular weight is 195 g/mol. The van der Waals surface area contributed by atoms with Crippen LogP contribution in [0.15, 0.2) is 24.3 Å². The molecule has 1 aromatic carbocycles. The molecule has 0 spiro atoms. The van der Waals surface area contributed by atoms with Crippen LogP contribution in [0.3, 0.4) is 0 Å². The van der Waals surface area contributed by atoms with Gasteiger partial charge >= 0.3 is 0 Å². The number of methoxy groups -OCH3 is 1. The number of carbonyl (C=O) groups is 1. The molecule has 0 fully saturated rings. The van der Waals surface area contributed by atoms with E-state index < -0.39 is 5.91 Å². The zero-order valence-corrected chi connectivity index (χ0v) is 8.03. The average Bonchev–Trinajstić information content (AvgIpc) is 2.19. The minimum absolute atomic E-state index is 0.444. The van der Waals surface area contributed by atoms with Gasteiger partial charge in [0.1, 0.15) is 12.4 Å². The predicted molar refractivity (Wildman–Crippen MR) is 52.3 cm³/mol. The summed E-state index contributed by atoms with van der Waals surface area (Å²) in [6.45, 7) is 0.972. The molecule has 76 valence electrons. The maximum absolute atomic E-state index is 10.8. The quantitative estimate of drug-likeness (QED) is 0.707. The molecule has 1 amide bonds. The van der Waals surface area contributed by atoms with E-state index in [0.717, 1.165) is 0 Å². The van der Waals surface area contributed by atoms with Gasteiger partial charge in [0.25, 0.3) is 0 Å². The number of hydrogen-bond acceptors (Lipinski definition) is 3. The number of amides is 1. The third-order valence-electron chi connectivity index (χ3n) is 1.67. The molecule has 0 atom stereocenters. The highest BCUT2D eigenvalue weighted by Gasteiger charge is 2.01. The molecule has 4 nitrogen and oxygen atoms in total. The van der Waals surface area contributed by atoms with Gasteiger partial charge in [0, 0.05) is 12.7 Å². The van der Waals surface area contributed by atoms with Crippen molar-refractivity contribution in [3.8, 4) is 5.75 Å². The molecule has 0 heterocycles. The monoisotopic (exact) mass is 195 g/mol. The van der Waals surface area contributed by atoms with E-state index in [1.165, 1.54) is 0 Å². The molecule has 0 aromatic heterocycles. The lowest BCUT2D eigenvalue weighted by Gasteiger charge is -2.05. The van der Waals surface area contributed by atoms with Crippen molar-refractivity contribution in [3.05, 3.63) is 29.8 Å². The number of primary amides is 1. The number of rotatable bonds is 5. The Morgan fingerprint density at radius 2 is 2.21 bits per heavy atom. The normalized spacial score (nSPS) is 9.79. The molecule has 0 aliphatic heterocycles. The molecule has 4 heteroatoms. The summed E-state index contributed by atoms with van der Waals surface area (Å²) in [5.41, 5.74) is 5.56. The van der Waals surface area contributed by atoms with Crippen LogP contribution in [0.2, 0.25) is 0 Å². The van der Waals surface area contributed by atoms with Crippen molar-refractivity contribution in [1.82, 2.24) is 0 Å². The minimum Gasteiger partial charge on any atom is -0.491 e. The molecule has 0 saturated heterocycles. The van der Waals surface area contributed by atoms with Gasteiger partial charge in [-0.1, -0.05) is 6.07 Å². The van der Waals surface area contributed by atoms with Crippen LogP contribution in [0.4, 0.5) is 0 Å². The highest BCUT2D eigenvalue weighted by atomic mass is 16.5. The third kappa shape index (κ3) is 3.06. The van der Waals surface area contributed by atoms with Crippen LogP contribution in [-0.4, -0.2) is 26.2 Å². The molecule has 0 unspecified atom stereocenters. The second-order valence-electron chi connectivity index (χ2n) is 2.73. The van der Waals surface area contributed by atoms with Gasteiger partial charge in [-0.05, 0) is 18.2 Å². The van der Waals surface area contributed by atoms with Gasteiger partial charge in [0.05, 0.1) is 6.61 Å². The summed E-state index contributed by atoms with van der Waals surface area (Å²) in [6.07, 6.45) is 0. The Morgan fingerprint density at radius 1 is 1.43 bits per heavy atom. The summed E-state index contributed by atoms with van der Waals surface area (Å²) >= 11 is 0. The first-order valence-corrected chi connectivity index (χ1v) is 4.25. The van der Waals surface area contributed by atoms with Crippen molar-refractivity contribution in [1.29, 1.82) is 0 Å². The molecule has 0 aliphatic carbocycles. The van der Waals surface area contributed by atoms with Crippen LogP contribution in [0.5, 0.6) is 5.75 Å². The summed E-state index contributed by atoms with van der Waals surface area (Å²) in [4.78, 5) is 10.8. The van der Waals surface area contributed by atoms with E-state index in [1.54, 1.807) is 31.4 Å². The van der Waals surface area contributed by atoms with Crippen molar-refractivity contribution in [3.63, 3.8) is 0 Å². The van der Waals surface area contributed by atoms with Gasteiger partial charge in [-0.3, -0.25) is 4.79 Å². The van der Waals surface area contributed by atoms with E-state index in [2.05, 4.69) is 0 Å². The fraction of sp³-hybridized carbons (Fsp3) is 0.300. The second kappa shape index (κ2) is 5.24. The van der Waals surface area contributed by atoms with E-state index in [9.17, 15) is 4.79 Å². The molecule has 0 aliphatic rings. The Bertz CT molecular complexity index is 312. The molecule has 0 radical (unpaired) electrons. The first kappa shape index (κ1) is 10.5. The van der Waals surface area contributed by atoms with Gasteiger partial charge < -0.3 is 15.2 Å². The molecular formula is C10H13NO3. The van der Waals surface area contributed by atoms with E-state index in [4.69, 9.17) is 15.2 Å². The topological polar surface area (TPSA) is 61.6 Å². The van der Waals surface area contributed by atoms with Crippen molar-refractivity contribution in [2.75, 3.05) is 20.3 Å². The van der Waals surface area contributed by atoms with Crippen LogP contribution in [0.1, 0.15) is 10.4 Å². The number of nitrogens with two attached hydrogens (primary N) is 1. The van der Waals surface area contributed by atoms with Crippen molar-refractivity contribution in [2.24, 2.45) is 5.73 Å². The fourth-order valence-corrected chi connectivity index (χ4v) is 0.982. The van der Waals surface area contributed by atoms with E-state index in [0.29, 0.717) is 24.5 Å². The summed E-state index contributed by atoms with van der Waals surface area (Å²) < 4.78 is 10.1. The van der Waals surface area contributed by atoms with Gasteiger partial charge in [-0.25, -0.2) is 0 Å². The highest BCUT2D eigenvalue weighted by Crippen LogP contribution is 2.12. The van der Waals surface area contributed by atoms with E-state index in [-0.39, 0.29) is 0 Å². The minimum atomic E-state index is -0.456. The maximum Gasteiger partial charge on any atom is 0.248 e. The first-order chi connectivity index (χ1) is 6.74. The molecule has 0 bridgehead atoms. The van der Waals surface area contributed by atoms with Crippen LogP contribution >= 0.6 is 0 Å². The summed E-state index contributed by atoms with van der Waals surface area (Å²) in [5.74, 6) is 0.167. The lowest BCUT2D eigenvalue weighted by atomic mass is 10.2. The fourth-order valence-electron chi connectivity index (χ4n) is 0.982. The second-order valence-corrected chi connectivity index (χ2v) is 2.73. The van der Waals surface area contributed by atoms with Crippen LogP contribution in [-0.2, 0) is 4.74 Å². The largest absolute Gasteiger partial charge is 0.491 e. The first-order valence-electron chi connectivity index (χ1n) is 4.25. The van der Waals surface area contributed by atoms with Crippen LogP contribution < -0.4 is 10.5 Å². The van der Waals surface area contributed by atoms with Crippen molar-refractivity contribution in [2.45, 2.75) is 0 Å². The van der Waals surface area contributed by atoms with Gasteiger partial charge in [0.15, 0.2) is 0 Å². The number of hydrogen-bond donors (Lipinski definition) is 1. The van der Waals surface area contributed by atoms with E-state index >= 15 is 0 Å².